The van der Waals surface area contributed by atoms with Crippen LogP contribution in [-0.4, -0.2) is 82.5 Å². The van der Waals surface area contributed by atoms with Crippen LogP contribution >= 0.6 is 0 Å². The standard InChI is InChI=1S/C23H30N4O7/c1-15(20(29)24-13-19(28)26-11-6-10-18(26)22(31)32)25-21(30)17-9-5-12-27(17)23(33)34-14-16-7-3-2-4-8-16/h2-4,7-8,15,17-18H,5-6,9-14H2,1H3,(H,24,29)(H,25,30)(H,31,32)/t15-,17-,18-/m0/s1. The van der Waals surface area contributed by atoms with Crippen molar-refractivity contribution in [2.24, 2.45) is 0 Å². The molecule has 0 aliphatic carbocycles. The van der Waals surface area contributed by atoms with Gasteiger partial charge in [0.25, 0.3) is 0 Å². The molecule has 3 N–H and O–H groups in total. The number of amides is 4. The minimum atomic E-state index is -1.07. The van der Waals surface area contributed by atoms with Crippen LogP contribution in [0.15, 0.2) is 30.3 Å². The number of benzene rings is 1. The molecule has 2 heterocycles. The maximum Gasteiger partial charge on any atom is 0.410 e. The number of carboxylic acid groups (broad SMARTS) is 1. The Labute approximate surface area is 197 Å². The fourth-order valence-electron chi connectivity index (χ4n) is 4.17. The van der Waals surface area contributed by atoms with Gasteiger partial charge in [-0.15, -0.1) is 0 Å². The molecule has 0 aromatic heterocycles. The maximum atomic E-state index is 12.7. The lowest BCUT2D eigenvalue weighted by Crippen LogP contribution is -2.53. The predicted octanol–water partition coefficient (Wildman–Crippen LogP) is 0.484. The van der Waals surface area contributed by atoms with Gasteiger partial charge < -0.3 is 25.4 Å². The molecule has 2 aliphatic heterocycles. The highest BCUT2D eigenvalue weighted by molar-refractivity contribution is 5.93. The zero-order valence-corrected chi connectivity index (χ0v) is 19.1. The van der Waals surface area contributed by atoms with Gasteiger partial charge in [-0.05, 0) is 38.2 Å². The summed E-state index contributed by atoms with van der Waals surface area (Å²) in [6, 6.07) is 6.62. The number of nitrogens with one attached hydrogen (secondary N) is 2. The van der Waals surface area contributed by atoms with E-state index in [0.29, 0.717) is 38.8 Å². The third kappa shape index (κ3) is 6.24. The Hall–Kier alpha value is -3.63. The molecule has 0 saturated carbocycles. The number of hydrogen-bond acceptors (Lipinski definition) is 6. The van der Waals surface area contributed by atoms with E-state index in [4.69, 9.17) is 4.74 Å². The predicted molar refractivity (Wildman–Crippen MR) is 119 cm³/mol. The number of nitrogens with zero attached hydrogens (tertiary/aromatic N) is 2. The number of ether oxygens (including phenoxy) is 1. The number of carbonyl (C=O) groups excluding carboxylic acids is 4. The quantitative estimate of drug-likeness (QED) is 0.497. The molecule has 11 heteroatoms. The molecule has 1 aromatic rings. The average Bonchev–Trinajstić information content (AvgIpc) is 3.51. The first kappa shape index (κ1) is 25.0. The summed E-state index contributed by atoms with van der Waals surface area (Å²) in [6.07, 6.45) is 1.46. The normalized spacial score (nSPS) is 20.5. The smallest absolute Gasteiger partial charge is 0.410 e. The first-order valence-electron chi connectivity index (χ1n) is 11.4. The first-order chi connectivity index (χ1) is 16.3. The Balaban J connectivity index is 1.46. The Bertz CT molecular complexity index is 923. The van der Waals surface area contributed by atoms with Crippen molar-refractivity contribution in [1.82, 2.24) is 20.4 Å². The van der Waals surface area contributed by atoms with Gasteiger partial charge in [0.15, 0.2) is 0 Å². The van der Waals surface area contributed by atoms with Crippen molar-refractivity contribution >= 4 is 29.8 Å². The Kier molecular flexibility index (Phi) is 8.44. The highest BCUT2D eigenvalue weighted by Gasteiger charge is 2.37. The van der Waals surface area contributed by atoms with Crippen molar-refractivity contribution in [3.63, 3.8) is 0 Å². The fourth-order valence-corrected chi connectivity index (χ4v) is 4.17. The first-order valence-corrected chi connectivity index (χ1v) is 11.4. The van der Waals surface area contributed by atoms with Gasteiger partial charge in [-0.25, -0.2) is 9.59 Å². The molecule has 0 unspecified atom stereocenters. The van der Waals surface area contributed by atoms with Gasteiger partial charge in [-0.2, -0.15) is 0 Å². The van der Waals surface area contributed by atoms with Crippen LogP contribution < -0.4 is 10.6 Å². The van der Waals surface area contributed by atoms with Crippen LogP contribution in [0.2, 0.25) is 0 Å². The molecule has 0 radical (unpaired) electrons. The van der Waals surface area contributed by atoms with Gasteiger partial charge in [-0.3, -0.25) is 19.3 Å². The second-order valence-electron chi connectivity index (χ2n) is 8.42. The largest absolute Gasteiger partial charge is 0.480 e. The number of hydrogen-bond donors (Lipinski definition) is 3. The summed E-state index contributed by atoms with van der Waals surface area (Å²) in [5, 5.41) is 14.2. The maximum absolute atomic E-state index is 12.7. The van der Waals surface area contributed by atoms with Crippen molar-refractivity contribution < 1.29 is 33.8 Å². The van der Waals surface area contributed by atoms with Gasteiger partial charge >= 0.3 is 12.1 Å². The molecule has 2 saturated heterocycles. The third-order valence-electron chi connectivity index (χ3n) is 6.02. The van der Waals surface area contributed by atoms with Crippen molar-refractivity contribution in [3.8, 4) is 0 Å². The second kappa shape index (κ2) is 11.5. The molecule has 1 aromatic carbocycles. The summed E-state index contributed by atoms with van der Waals surface area (Å²) >= 11 is 0. The van der Waals surface area contributed by atoms with Crippen LogP contribution in [0.5, 0.6) is 0 Å². The molecule has 4 amide bonds. The zero-order valence-electron chi connectivity index (χ0n) is 19.1. The minimum Gasteiger partial charge on any atom is -0.480 e. The lowest BCUT2D eigenvalue weighted by Gasteiger charge is -2.25. The van der Waals surface area contributed by atoms with Crippen LogP contribution in [0.1, 0.15) is 38.2 Å². The van der Waals surface area contributed by atoms with Gasteiger partial charge in [0.05, 0.1) is 6.54 Å². The molecular formula is C23H30N4O7. The van der Waals surface area contributed by atoms with E-state index >= 15 is 0 Å². The number of rotatable bonds is 8. The molecule has 34 heavy (non-hydrogen) atoms. The number of likely N-dealkylation sites (tertiary alicyclic amines) is 2. The SMILES string of the molecule is C[C@H](NC(=O)[C@@H]1CCCN1C(=O)OCc1ccccc1)C(=O)NCC(=O)N1CCC[C@H]1C(=O)O. The monoisotopic (exact) mass is 474 g/mol. The van der Waals surface area contributed by atoms with Gasteiger partial charge in [0, 0.05) is 13.1 Å². The molecule has 2 aliphatic rings. The van der Waals surface area contributed by atoms with Gasteiger partial charge in [0.2, 0.25) is 17.7 Å². The van der Waals surface area contributed by atoms with E-state index in [0.717, 1.165) is 5.56 Å². The summed E-state index contributed by atoms with van der Waals surface area (Å²) in [4.78, 5) is 63.7. The topological polar surface area (TPSA) is 145 Å². The summed E-state index contributed by atoms with van der Waals surface area (Å²) in [5.41, 5.74) is 0.833. The van der Waals surface area contributed by atoms with Crippen LogP contribution in [0.3, 0.4) is 0 Å². The van der Waals surface area contributed by atoms with E-state index < -0.39 is 47.9 Å². The fraction of sp³-hybridized carbons (Fsp3) is 0.522. The van der Waals surface area contributed by atoms with Crippen LogP contribution in [0, 0.1) is 0 Å². The summed E-state index contributed by atoms with van der Waals surface area (Å²) in [5.74, 6) is -2.61. The third-order valence-corrected chi connectivity index (χ3v) is 6.02. The van der Waals surface area contributed by atoms with E-state index in [1.807, 2.05) is 30.3 Å². The Morgan fingerprint density at radius 1 is 1.03 bits per heavy atom. The van der Waals surface area contributed by atoms with E-state index in [9.17, 15) is 29.1 Å². The Morgan fingerprint density at radius 3 is 2.35 bits per heavy atom. The van der Waals surface area contributed by atoms with E-state index in [1.165, 1.54) is 16.7 Å². The molecule has 3 rings (SSSR count). The van der Waals surface area contributed by atoms with Crippen LogP contribution in [0.25, 0.3) is 0 Å². The summed E-state index contributed by atoms with van der Waals surface area (Å²) in [6.45, 7) is 1.92. The van der Waals surface area contributed by atoms with Crippen LogP contribution in [-0.2, 0) is 30.5 Å². The van der Waals surface area contributed by atoms with Gasteiger partial charge in [-0.1, -0.05) is 30.3 Å². The second-order valence-corrected chi connectivity index (χ2v) is 8.42. The van der Waals surface area contributed by atoms with Crippen molar-refractivity contribution in [2.45, 2.75) is 57.3 Å². The van der Waals surface area contributed by atoms with Crippen molar-refractivity contribution in [3.05, 3.63) is 35.9 Å². The molecular weight excluding hydrogens is 444 g/mol. The van der Waals surface area contributed by atoms with Crippen molar-refractivity contribution in [2.75, 3.05) is 19.6 Å². The number of aliphatic carboxylic acids is 1. The molecule has 11 nitrogen and oxygen atoms in total. The van der Waals surface area contributed by atoms with Gasteiger partial charge in [0.1, 0.15) is 24.7 Å². The molecule has 0 bridgehead atoms. The van der Waals surface area contributed by atoms with Crippen molar-refractivity contribution in [1.29, 1.82) is 0 Å². The Morgan fingerprint density at radius 2 is 1.68 bits per heavy atom. The molecule has 3 atom stereocenters. The summed E-state index contributed by atoms with van der Waals surface area (Å²) < 4.78 is 5.33. The lowest BCUT2D eigenvalue weighted by atomic mass is 10.2. The highest BCUT2D eigenvalue weighted by Crippen LogP contribution is 2.19. The van der Waals surface area contributed by atoms with E-state index in [2.05, 4.69) is 10.6 Å². The molecule has 184 valence electrons. The number of carbonyl (C=O) groups is 5. The molecule has 0 spiro atoms. The highest BCUT2D eigenvalue weighted by atomic mass is 16.6. The average molecular weight is 475 g/mol. The van der Waals surface area contributed by atoms with E-state index in [1.54, 1.807) is 0 Å². The molecule has 2 fully saturated rings. The van der Waals surface area contributed by atoms with E-state index in [-0.39, 0.29) is 13.2 Å². The zero-order chi connectivity index (χ0) is 24.7. The van der Waals surface area contributed by atoms with Crippen LogP contribution in [0.4, 0.5) is 4.79 Å². The number of carboxylic acids is 1. The summed E-state index contributed by atoms with van der Waals surface area (Å²) in [7, 11) is 0. The lowest BCUT2D eigenvalue weighted by molar-refractivity contribution is -0.148. The minimum absolute atomic E-state index is 0.0943.